The zero-order valence-corrected chi connectivity index (χ0v) is 15.5. The summed E-state index contributed by atoms with van der Waals surface area (Å²) in [4.78, 5) is 8.93. The largest absolute Gasteiger partial charge is 0.379 e. The monoisotopic (exact) mass is 358 g/mol. The summed E-state index contributed by atoms with van der Waals surface area (Å²) in [6, 6.07) is 5.33. The van der Waals surface area contributed by atoms with Crippen LogP contribution in [0.25, 0.3) is 11.3 Å². The van der Waals surface area contributed by atoms with Gasteiger partial charge in [-0.1, -0.05) is 6.42 Å². The molecule has 5 nitrogen and oxygen atoms in total. The van der Waals surface area contributed by atoms with Crippen LogP contribution in [0.15, 0.2) is 29.9 Å². The second-order valence-corrected chi connectivity index (χ2v) is 7.92. The highest BCUT2D eigenvalue weighted by Gasteiger charge is 2.35. The van der Waals surface area contributed by atoms with Gasteiger partial charge in [-0.15, -0.1) is 11.3 Å². The summed E-state index contributed by atoms with van der Waals surface area (Å²) >= 11 is 1.74. The average molecular weight is 359 g/mol. The molecule has 2 N–H and O–H groups in total. The van der Waals surface area contributed by atoms with Gasteiger partial charge in [0.15, 0.2) is 0 Å². The number of nitrogens with zero attached hydrogens (tertiary/aromatic N) is 2. The smallest absolute Gasteiger partial charge is 0.110 e. The Bertz CT molecular complexity index is 671. The Morgan fingerprint density at radius 1 is 1.32 bits per heavy atom. The van der Waals surface area contributed by atoms with Gasteiger partial charge in [-0.05, 0) is 37.8 Å². The third kappa shape index (κ3) is 3.92. The molecule has 0 aromatic carbocycles. The van der Waals surface area contributed by atoms with Crippen molar-refractivity contribution in [2.45, 2.75) is 44.3 Å². The Balaban J connectivity index is 1.41. The zero-order chi connectivity index (χ0) is 17.1. The molecule has 2 aromatic rings. The minimum atomic E-state index is 0.274. The predicted molar refractivity (Wildman–Crippen MR) is 101 cm³/mol. The molecule has 0 bridgehead atoms. The van der Waals surface area contributed by atoms with E-state index in [0.717, 1.165) is 36.0 Å². The van der Waals surface area contributed by atoms with Crippen molar-refractivity contribution in [3.05, 3.63) is 34.9 Å². The molecular formula is C19H26N4OS. The number of pyridine rings is 1. The van der Waals surface area contributed by atoms with E-state index >= 15 is 0 Å². The molecule has 1 saturated heterocycles. The molecule has 0 radical (unpaired) electrons. The number of nitrogens with one attached hydrogen (secondary N) is 2. The lowest BCUT2D eigenvalue weighted by Crippen LogP contribution is -2.51. The molecule has 2 aliphatic rings. The Hall–Kier alpha value is -1.34. The van der Waals surface area contributed by atoms with Crippen molar-refractivity contribution in [3.8, 4) is 11.3 Å². The van der Waals surface area contributed by atoms with Crippen molar-refractivity contribution in [3.63, 3.8) is 0 Å². The SMILES string of the molecule is CC(NC1CCCC1C1COCCN1)c1nc(-c2ccncc2)cs1. The Morgan fingerprint density at radius 3 is 3.00 bits per heavy atom. The average Bonchev–Trinajstić information content (AvgIpc) is 3.33. The fourth-order valence-electron chi connectivity index (χ4n) is 4.07. The van der Waals surface area contributed by atoms with Gasteiger partial charge in [0.25, 0.3) is 0 Å². The molecule has 25 heavy (non-hydrogen) atoms. The molecule has 2 fully saturated rings. The third-order valence-corrected chi connectivity index (χ3v) is 6.40. The normalized spacial score (nSPS) is 28.1. The molecule has 3 heterocycles. The number of aromatic nitrogens is 2. The number of ether oxygens (including phenoxy) is 1. The number of hydrogen-bond donors (Lipinski definition) is 2. The summed E-state index contributed by atoms with van der Waals surface area (Å²) in [6.07, 6.45) is 7.46. The van der Waals surface area contributed by atoms with Crippen LogP contribution >= 0.6 is 11.3 Å². The molecule has 0 amide bonds. The highest BCUT2D eigenvalue weighted by Crippen LogP contribution is 2.32. The number of morpholine rings is 1. The van der Waals surface area contributed by atoms with Crippen LogP contribution in [0.4, 0.5) is 0 Å². The van der Waals surface area contributed by atoms with Crippen LogP contribution in [0.1, 0.15) is 37.2 Å². The van der Waals surface area contributed by atoms with Gasteiger partial charge in [0, 0.05) is 42.0 Å². The molecule has 1 saturated carbocycles. The highest BCUT2D eigenvalue weighted by atomic mass is 32.1. The number of rotatable bonds is 5. The molecule has 1 aliphatic heterocycles. The molecule has 4 atom stereocenters. The van der Waals surface area contributed by atoms with Gasteiger partial charge >= 0.3 is 0 Å². The van der Waals surface area contributed by atoms with Crippen LogP contribution in [0.5, 0.6) is 0 Å². The van der Waals surface area contributed by atoms with E-state index in [4.69, 9.17) is 9.72 Å². The van der Waals surface area contributed by atoms with Gasteiger partial charge in [-0.3, -0.25) is 4.98 Å². The predicted octanol–water partition coefficient (Wildman–Crippen LogP) is 3.01. The van der Waals surface area contributed by atoms with Crippen molar-refractivity contribution in [1.29, 1.82) is 0 Å². The molecule has 4 unspecified atom stereocenters. The Labute approximate surface area is 153 Å². The third-order valence-electron chi connectivity index (χ3n) is 5.37. The van der Waals surface area contributed by atoms with E-state index in [0.29, 0.717) is 18.0 Å². The summed E-state index contributed by atoms with van der Waals surface area (Å²) < 4.78 is 5.68. The van der Waals surface area contributed by atoms with Gasteiger partial charge in [0.05, 0.1) is 24.9 Å². The lowest BCUT2D eigenvalue weighted by molar-refractivity contribution is 0.0518. The van der Waals surface area contributed by atoms with Crippen LogP contribution in [0.3, 0.4) is 0 Å². The van der Waals surface area contributed by atoms with Gasteiger partial charge in [-0.25, -0.2) is 4.98 Å². The van der Waals surface area contributed by atoms with Gasteiger partial charge < -0.3 is 15.4 Å². The molecule has 134 valence electrons. The van der Waals surface area contributed by atoms with E-state index < -0.39 is 0 Å². The van der Waals surface area contributed by atoms with Crippen molar-refractivity contribution >= 4 is 11.3 Å². The Morgan fingerprint density at radius 2 is 2.20 bits per heavy atom. The molecular weight excluding hydrogens is 332 g/mol. The van der Waals surface area contributed by atoms with E-state index in [2.05, 4.69) is 27.9 Å². The van der Waals surface area contributed by atoms with E-state index in [1.165, 1.54) is 19.3 Å². The number of thiazole rings is 1. The summed E-state index contributed by atoms with van der Waals surface area (Å²) in [5, 5.41) is 10.8. The fraction of sp³-hybridized carbons (Fsp3) is 0.579. The first-order valence-electron chi connectivity index (χ1n) is 9.24. The summed E-state index contributed by atoms with van der Waals surface area (Å²) in [5.41, 5.74) is 2.17. The van der Waals surface area contributed by atoms with Crippen LogP contribution < -0.4 is 10.6 Å². The maximum absolute atomic E-state index is 5.68. The summed E-state index contributed by atoms with van der Waals surface area (Å²) in [6.45, 7) is 4.90. The molecule has 1 aliphatic carbocycles. The van der Waals surface area contributed by atoms with E-state index in [-0.39, 0.29) is 6.04 Å². The Kier molecular flexibility index (Phi) is 5.41. The molecule has 4 rings (SSSR count). The summed E-state index contributed by atoms with van der Waals surface area (Å²) in [7, 11) is 0. The first kappa shape index (κ1) is 17.1. The first-order valence-corrected chi connectivity index (χ1v) is 10.1. The lowest BCUT2D eigenvalue weighted by Gasteiger charge is -2.34. The van der Waals surface area contributed by atoms with Crippen molar-refractivity contribution < 1.29 is 4.74 Å². The highest BCUT2D eigenvalue weighted by molar-refractivity contribution is 7.10. The fourth-order valence-corrected chi connectivity index (χ4v) is 4.92. The van der Waals surface area contributed by atoms with Crippen molar-refractivity contribution in [2.75, 3.05) is 19.8 Å². The van der Waals surface area contributed by atoms with Crippen molar-refractivity contribution in [2.24, 2.45) is 5.92 Å². The van der Waals surface area contributed by atoms with E-state index in [1.54, 1.807) is 11.3 Å². The lowest BCUT2D eigenvalue weighted by atomic mass is 9.93. The van der Waals surface area contributed by atoms with Crippen LogP contribution in [-0.4, -0.2) is 41.8 Å². The quantitative estimate of drug-likeness (QED) is 0.860. The van der Waals surface area contributed by atoms with Gasteiger partial charge in [0.1, 0.15) is 5.01 Å². The summed E-state index contributed by atoms with van der Waals surface area (Å²) in [5.74, 6) is 0.655. The molecule has 0 spiro atoms. The standard InChI is InChI=1S/C19H26N4OS/c1-13(19-23-18(12-25-19)14-5-7-20-8-6-14)22-16-4-2-3-15(16)17-11-24-10-9-21-17/h5-8,12-13,15-17,21-22H,2-4,9-11H2,1H3. The van der Waals surface area contributed by atoms with E-state index in [1.807, 2.05) is 24.5 Å². The second-order valence-electron chi connectivity index (χ2n) is 7.03. The van der Waals surface area contributed by atoms with Gasteiger partial charge in [0.2, 0.25) is 0 Å². The number of hydrogen-bond acceptors (Lipinski definition) is 6. The van der Waals surface area contributed by atoms with Crippen LogP contribution in [-0.2, 0) is 4.74 Å². The maximum atomic E-state index is 5.68. The second kappa shape index (κ2) is 7.91. The maximum Gasteiger partial charge on any atom is 0.110 e. The van der Waals surface area contributed by atoms with Crippen LogP contribution in [0.2, 0.25) is 0 Å². The molecule has 2 aromatic heterocycles. The molecule has 6 heteroatoms. The van der Waals surface area contributed by atoms with Crippen LogP contribution in [0, 0.1) is 5.92 Å². The first-order chi connectivity index (χ1) is 12.3. The van der Waals surface area contributed by atoms with Gasteiger partial charge in [-0.2, -0.15) is 0 Å². The minimum Gasteiger partial charge on any atom is -0.379 e. The minimum absolute atomic E-state index is 0.274. The van der Waals surface area contributed by atoms with E-state index in [9.17, 15) is 0 Å². The topological polar surface area (TPSA) is 59.1 Å². The zero-order valence-electron chi connectivity index (χ0n) is 14.6. The van der Waals surface area contributed by atoms with Crippen molar-refractivity contribution in [1.82, 2.24) is 20.6 Å².